The van der Waals surface area contributed by atoms with E-state index in [0.29, 0.717) is 6.04 Å². The first-order valence-electron chi connectivity index (χ1n) is 5.25. The lowest BCUT2D eigenvalue weighted by Crippen LogP contribution is -2.23. The molecule has 0 bridgehead atoms. The molecule has 0 radical (unpaired) electrons. The van der Waals surface area contributed by atoms with Gasteiger partial charge in [0.1, 0.15) is 5.75 Å². The minimum Gasteiger partial charge on any atom is -0.497 e. The second kappa shape index (κ2) is 4.47. The second-order valence-corrected chi connectivity index (χ2v) is 3.85. The van der Waals surface area contributed by atoms with Crippen molar-refractivity contribution in [2.45, 2.75) is 25.3 Å². The van der Waals surface area contributed by atoms with Gasteiger partial charge in [-0.15, -0.1) is 0 Å². The van der Waals surface area contributed by atoms with Crippen LogP contribution in [0.15, 0.2) is 24.3 Å². The second-order valence-electron chi connectivity index (χ2n) is 3.85. The van der Waals surface area contributed by atoms with E-state index in [4.69, 9.17) is 4.74 Å². The first-order chi connectivity index (χ1) is 6.88. The van der Waals surface area contributed by atoms with Crippen molar-refractivity contribution in [3.63, 3.8) is 0 Å². The van der Waals surface area contributed by atoms with Gasteiger partial charge in [-0.05, 0) is 43.5 Å². The zero-order chi connectivity index (χ0) is 9.80. The molecule has 1 aromatic rings. The van der Waals surface area contributed by atoms with Gasteiger partial charge in [0.25, 0.3) is 0 Å². The van der Waals surface area contributed by atoms with Gasteiger partial charge in [0.2, 0.25) is 0 Å². The molecule has 2 heteroatoms. The minimum absolute atomic E-state index is 0.684. The third-order valence-corrected chi connectivity index (χ3v) is 2.80. The van der Waals surface area contributed by atoms with Crippen LogP contribution in [0, 0.1) is 0 Å². The van der Waals surface area contributed by atoms with Gasteiger partial charge in [-0.25, -0.2) is 0 Å². The SMILES string of the molecule is COc1ccc(CC2CCCN2)cc1. The summed E-state index contributed by atoms with van der Waals surface area (Å²) in [5, 5.41) is 3.50. The van der Waals surface area contributed by atoms with Crippen molar-refractivity contribution in [2.75, 3.05) is 13.7 Å². The molecule has 1 N–H and O–H groups in total. The first kappa shape index (κ1) is 9.53. The molecule has 0 aromatic heterocycles. The zero-order valence-electron chi connectivity index (χ0n) is 8.62. The van der Waals surface area contributed by atoms with Crippen molar-refractivity contribution in [3.8, 4) is 5.75 Å². The Morgan fingerprint density at radius 3 is 2.71 bits per heavy atom. The summed E-state index contributed by atoms with van der Waals surface area (Å²) in [6.45, 7) is 1.18. The van der Waals surface area contributed by atoms with Crippen LogP contribution in [0.1, 0.15) is 18.4 Å². The molecule has 14 heavy (non-hydrogen) atoms. The Morgan fingerprint density at radius 1 is 1.36 bits per heavy atom. The van der Waals surface area contributed by atoms with E-state index in [1.54, 1.807) is 7.11 Å². The van der Waals surface area contributed by atoms with Crippen LogP contribution in [-0.4, -0.2) is 19.7 Å². The van der Waals surface area contributed by atoms with Gasteiger partial charge in [-0.2, -0.15) is 0 Å². The predicted octanol–water partition coefficient (Wildman–Crippen LogP) is 1.99. The molecule has 76 valence electrons. The topological polar surface area (TPSA) is 21.3 Å². The number of rotatable bonds is 3. The summed E-state index contributed by atoms with van der Waals surface area (Å²) < 4.78 is 5.12. The fraction of sp³-hybridized carbons (Fsp3) is 0.500. The summed E-state index contributed by atoms with van der Waals surface area (Å²) in [5.41, 5.74) is 1.39. The summed E-state index contributed by atoms with van der Waals surface area (Å²) in [6, 6.07) is 9.05. The minimum atomic E-state index is 0.684. The average molecular weight is 191 g/mol. The van der Waals surface area contributed by atoms with E-state index in [2.05, 4.69) is 17.4 Å². The van der Waals surface area contributed by atoms with Crippen LogP contribution < -0.4 is 10.1 Å². The van der Waals surface area contributed by atoms with E-state index in [1.807, 2.05) is 12.1 Å². The molecule has 1 saturated heterocycles. The quantitative estimate of drug-likeness (QED) is 0.789. The van der Waals surface area contributed by atoms with E-state index in [9.17, 15) is 0 Å². The van der Waals surface area contributed by atoms with Gasteiger partial charge in [-0.1, -0.05) is 12.1 Å². The smallest absolute Gasteiger partial charge is 0.118 e. The van der Waals surface area contributed by atoms with Crippen molar-refractivity contribution in [1.82, 2.24) is 5.32 Å². The molecular formula is C12H17NO. The molecular weight excluding hydrogens is 174 g/mol. The summed E-state index contributed by atoms with van der Waals surface area (Å²) in [6.07, 6.45) is 3.77. The Morgan fingerprint density at radius 2 is 2.14 bits per heavy atom. The molecule has 0 saturated carbocycles. The van der Waals surface area contributed by atoms with Gasteiger partial charge in [0.15, 0.2) is 0 Å². The van der Waals surface area contributed by atoms with Crippen LogP contribution >= 0.6 is 0 Å². The third-order valence-electron chi connectivity index (χ3n) is 2.80. The zero-order valence-corrected chi connectivity index (χ0v) is 8.62. The number of methoxy groups -OCH3 is 1. The van der Waals surface area contributed by atoms with Gasteiger partial charge in [0, 0.05) is 6.04 Å². The highest BCUT2D eigenvalue weighted by molar-refractivity contribution is 5.27. The first-order valence-corrected chi connectivity index (χ1v) is 5.25. The lowest BCUT2D eigenvalue weighted by molar-refractivity contribution is 0.414. The van der Waals surface area contributed by atoms with Crippen LogP contribution in [0.2, 0.25) is 0 Å². The summed E-state index contributed by atoms with van der Waals surface area (Å²) in [7, 11) is 1.70. The van der Waals surface area contributed by atoms with E-state index in [-0.39, 0.29) is 0 Å². The number of hydrogen-bond donors (Lipinski definition) is 1. The molecule has 1 unspecified atom stereocenters. The van der Waals surface area contributed by atoms with E-state index in [1.165, 1.54) is 24.9 Å². The summed E-state index contributed by atoms with van der Waals surface area (Å²) in [4.78, 5) is 0. The van der Waals surface area contributed by atoms with Crippen molar-refractivity contribution in [3.05, 3.63) is 29.8 Å². The third kappa shape index (κ3) is 2.26. The Hall–Kier alpha value is -1.02. The molecule has 1 aromatic carbocycles. The molecule has 1 aliphatic rings. The van der Waals surface area contributed by atoms with Crippen molar-refractivity contribution < 1.29 is 4.74 Å². The Bertz CT molecular complexity index is 275. The monoisotopic (exact) mass is 191 g/mol. The van der Waals surface area contributed by atoms with Crippen LogP contribution in [0.4, 0.5) is 0 Å². The van der Waals surface area contributed by atoms with Crippen molar-refractivity contribution >= 4 is 0 Å². The average Bonchev–Trinajstić information content (AvgIpc) is 2.72. The molecule has 1 heterocycles. The van der Waals surface area contributed by atoms with Crippen molar-refractivity contribution in [1.29, 1.82) is 0 Å². The fourth-order valence-electron chi connectivity index (χ4n) is 1.98. The molecule has 1 atom stereocenters. The lowest BCUT2D eigenvalue weighted by Gasteiger charge is -2.10. The van der Waals surface area contributed by atoms with Crippen LogP contribution in [-0.2, 0) is 6.42 Å². The predicted molar refractivity (Wildman–Crippen MR) is 57.7 cm³/mol. The maximum Gasteiger partial charge on any atom is 0.118 e. The number of ether oxygens (including phenoxy) is 1. The molecule has 0 spiro atoms. The van der Waals surface area contributed by atoms with Crippen LogP contribution in [0.5, 0.6) is 5.75 Å². The maximum absolute atomic E-state index is 5.12. The molecule has 0 amide bonds. The Balaban J connectivity index is 1.95. The fourth-order valence-corrected chi connectivity index (χ4v) is 1.98. The van der Waals surface area contributed by atoms with Gasteiger partial charge in [-0.3, -0.25) is 0 Å². The van der Waals surface area contributed by atoms with Gasteiger partial charge >= 0.3 is 0 Å². The molecule has 1 aliphatic heterocycles. The highest BCUT2D eigenvalue weighted by Crippen LogP contribution is 2.15. The normalized spacial score (nSPS) is 21.1. The van der Waals surface area contributed by atoms with Gasteiger partial charge in [0.05, 0.1) is 7.11 Å². The molecule has 2 nitrogen and oxygen atoms in total. The van der Waals surface area contributed by atoms with Crippen LogP contribution in [0.3, 0.4) is 0 Å². The van der Waals surface area contributed by atoms with Crippen molar-refractivity contribution in [2.24, 2.45) is 0 Å². The molecule has 0 aliphatic carbocycles. The Labute approximate surface area is 85.3 Å². The van der Waals surface area contributed by atoms with Gasteiger partial charge < -0.3 is 10.1 Å². The highest BCUT2D eigenvalue weighted by Gasteiger charge is 2.13. The van der Waals surface area contributed by atoms with E-state index in [0.717, 1.165) is 12.2 Å². The summed E-state index contributed by atoms with van der Waals surface area (Å²) in [5.74, 6) is 0.938. The maximum atomic E-state index is 5.12. The molecule has 1 fully saturated rings. The number of benzene rings is 1. The summed E-state index contributed by atoms with van der Waals surface area (Å²) >= 11 is 0. The largest absolute Gasteiger partial charge is 0.497 e. The van der Waals surface area contributed by atoms with Crippen LogP contribution in [0.25, 0.3) is 0 Å². The lowest BCUT2D eigenvalue weighted by atomic mass is 10.0. The highest BCUT2D eigenvalue weighted by atomic mass is 16.5. The van der Waals surface area contributed by atoms with E-state index < -0.39 is 0 Å². The standard InChI is InChI=1S/C12H17NO/c1-14-12-6-4-10(5-7-12)9-11-3-2-8-13-11/h4-7,11,13H,2-3,8-9H2,1H3. The Kier molecular flexibility index (Phi) is 3.04. The van der Waals surface area contributed by atoms with E-state index >= 15 is 0 Å². The number of hydrogen-bond acceptors (Lipinski definition) is 2. The molecule has 2 rings (SSSR count). The number of nitrogens with one attached hydrogen (secondary N) is 1.